The number of aromatic nitrogens is 3. The number of fused-ring (bicyclic) bond motifs is 1. The number of aromatic amines is 1. The number of pyridine rings is 2. The number of hydrogen-bond donors (Lipinski definition) is 1. The van der Waals surface area contributed by atoms with E-state index in [-0.39, 0.29) is 5.56 Å². The Morgan fingerprint density at radius 1 is 1.40 bits per heavy atom. The van der Waals surface area contributed by atoms with Crippen molar-refractivity contribution < 1.29 is 4.74 Å². The molecule has 5 heteroatoms. The molecule has 20 heavy (non-hydrogen) atoms. The van der Waals surface area contributed by atoms with Gasteiger partial charge in [0, 0.05) is 47.7 Å². The highest BCUT2D eigenvalue weighted by Gasteiger charge is 2.12. The average Bonchev–Trinajstić information content (AvgIpc) is 2.77. The van der Waals surface area contributed by atoms with E-state index >= 15 is 0 Å². The lowest BCUT2D eigenvalue weighted by Gasteiger charge is -2.05. The van der Waals surface area contributed by atoms with Crippen molar-refractivity contribution in [1.29, 1.82) is 0 Å². The molecule has 0 aliphatic carbocycles. The predicted molar refractivity (Wildman–Crippen MR) is 78.1 cm³/mol. The Bertz CT molecular complexity index is 846. The summed E-state index contributed by atoms with van der Waals surface area (Å²) in [6.07, 6.45) is 5.38. The Morgan fingerprint density at radius 2 is 2.20 bits per heavy atom. The van der Waals surface area contributed by atoms with E-state index < -0.39 is 0 Å². The lowest BCUT2D eigenvalue weighted by molar-refractivity contribution is 0.394. The second kappa shape index (κ2) is 4.52. The first-order valence-corrected chi connectivity index (χ1v) is 6.29. The molecule has 3 aromatic heterocycles. The van der Waals surface area contributed by atoms with Crippen LogP contribution in [0.15, 0.2) is 35.5 Å². The standard InChI is InChI=1S/C15H15N3O2/c1-9-6-10(7-17-15(9)20-3)12-8-18(2)13-11(12)4-5-16-14(13)19/h4-8H,1-3H3,(H,16,19). The maximum atomic E-state index is 11.9. The van der Waals surface area contributed by atoms with Crippen LogP contribution in [0.4, 0.5) is 0 Å². The van der Waals surface area contributed by atoms with E-state index in [0.717, 1.165) is 22.1 Å². The van der Waals surface area contributed by atoms with Gasteiger partial charge in [-0.2, -0.15) is 0 Å². The fourth-order valence-corrected chi connectivity index (χ4v) is 2.52. The molecule has 3 rings (SSSR count). The summed E-state index contributed by atoms with van der Waals surface area (Å²) in [6, 6.07) is 3.92. The molecule has 0 fully saturated rings. The molecule has 0 amide bonds. The van der Waals surface area contributed by atoms with Crippen LogP contribution >= 0.6 is 0 Å². The van der Waals surface area contributed by atoms with Crippen LogP contribution in [0.2, 0.25) is 0 Å². The smallest absolute Gasteiger partial charge is 0.272 e. The van der Waals surface area contributed by atoms with E-state index in [9.17, 15) is 4.79 Å². The van der Waals surface area contributed by atoms with Gasteiger partial charge < -0.3 is 14.3 Å². The van der Waals surface area contributed by atoms with Gasteiger partial charge in [0.05, 0.1) is 7.11 Å². The molecule has 1 N–H and O–H groups in total. The molecule has 0 aromatic carbocycles. The Balaban J connectivity index is 2.28. The summed E-state index contributed by atoms with van der Waals surface area (Å²) in [6.45, 7) is 1.95. The molecule has 3 heterocycles. The summed E-state index contributed by atoms with van der Waals surface area (Å²) in [7, 11) is 3.47. The van der Waals surface area contributed by atoms with Crippen LogP contribution in [0.5, 0.6) is 5.88 Å². The lowest BCUT2D eigenvalue weighted by Crippen LogP contribution is -2.07. The van der Waals surface area contributed by atoms with Gasteiger partial charge in [-0.15, -0.1) is 0 Å². The van der Waals surface area contributed by atoms with Gasteiger partial charge in [-0.05, 0) is 19.1 Å². The van der Waals surface area contributed by atoms with Crippen LogP contribution in [0.1, 0.15) is 5.56 Å². The Kier molecular flexibility index (Phi) is 2.82. The fraction of sp³-hybridized carbons (Fsp3) is 0.200. The molecule has 0 aliphatic rings. The van der Waals surface area contributed by atoms with E-state index in [1.807, 2.05) is 36.9 Å². The zero-order valence-electron chi connectivity index (χ0n) is 11.6. The van der Waals surface area contributed by atoms with E-state index in [0.29, 0.717) is 11.4 Å². The zero-order chi connectivity index (χ0) is 14.3. The van der Waals surface area contributed by atoms with Crippen LogP contribution in [0.3, 0.4) is 0 Å². The monoisotopic (exact) mass is 269 g/mol. The van der Waals surface area contributed by atoms with E-state index in [2.05, 4.69) is 9.97 Å². The molecular formula is C15H15N3O2. The lowest BCUT2D eigenvalue weighted by atomic mass is 10.1. The number of aryl methyl sites for hydroxylation is 2. The van der Waals surface area contributed by atoms with Crippen LogP contribution in [0, 0.1) is 6.92 Å². The minimum Gasteiger partial charge on any atom is -0.481 e. The van der Waals surface area contributed by atoms with Crippen LogP contribution in [-0.2, 0) is 7.05 Å². The van der Waals surface area contributed by atoms with Gasteiger partial charge in [0.15, 0.2) is 0 Å². The summed E-state index contributed by atoms with van der Waals surface area (Å²) in [5.41, 5.74) is 3.50. The molecule has 0 atom stereocenters. The Morgan fingerprint density at radius 3 is 2.90 bits per heavy atom. The van der Waals surface area contributed by atoms with Gasteiger partial charge in [-0.25, -0.2) is 4.98 Å². The molecule has 0 radical (unpaired) electrons. The molecular weight excluding hydrogens is 254 g/mol. The number of H-pyrrole nitrogens is 1. The molecule has 3 aromatic rings. The summed E-state index contributed by atoms with van der Waals surface area (Å²) in [5, 5.41) is 0.919. The van der Waals surface area contributed by atoms with Crippen LogP contribution in [0.25, 0.3) is 22.0 Å². The maximum Gasteiger partial charge on any atom is 0.272 e. The molecule has 0 saturated carbocycles. The number of methoxy groups -OCH3 is 1. The van der Waals surface area contributed by atoms with Crippen molar-refractivity contribution in [3.63, 3.8) is 0 Å². The fourth-order valence-electron chi connectivity index (χ4n) is 2.52. The molecule has 0 saturated heterocycles. The van der Waals surface area contributed by atoms with Crippen molar-refractivity contribution in [1.82, 2.24) is 14.5 Å². The number of nitrogens with one attached hydrogen (secondary N) is 1. The highest BCUT2D eigenvalue weighted by Crippen LogP contribution is 2.30. The van der Waals surface area contributed by atoms with Crippen molar-refractivity contribution in [2.45, 2.75) is 6.92 Å². The second-order valence-corrected chi connectivity index (χ2v) is 4.77. The van der Waals surface area contributed by atoms with E-state index in [1.165, 1.54) is 0 Å². The van der Waals surface area contributed by atoms with Gasteiger partial charge in [0.1, 0.15) is 5.52 Å². The first-order valence-electron chi connectivity index (χ1n) is 6.29. The third-order valence-corrected chi connectivity index (χ3v) is 3.43. The van der Waals surface area contributed by atoms with Gasteiger partial charge >= 0.3 is 0 Å². The quantitative estimate of drug-likeness (QED) is 0.776. The van der Waals surface area contributed by atoms with Gasteiger partial charge in [-0.3, -0.25) is 4.79 Å². The molecule has 0 unspecified atom stereocenters. The van der Waals surface area contributed by atoms with Gasteiger partial charge in [0.25, 0.3) is 5.56 Å². The molecule has 0 aliphatic heterocycles. The minimum absolute atomic E-state index is 0.0885. The third kappa shape index (κ3) is 1.79. The largest absolute Gasteiger partial charge is 0.481 e. The molecule has 102 valence electrons. The first-order chi connectivity index (χ1) is 9.61. The number of hydrogen-bond acceptors (Lipinski definition) is 3. The van der Waals surface area contributed by atoms with Crippen molar-refractivity contribution in [2.24, 2.45) is 7.05 Å². The number of nitrogens with zero attached hydrogens (tertiary/aromatic N) is 2. The van der Waals surface area contributed by atoms with Crippen LogP contribution < -0.4 is 10.3 Å². The summed E-state index contributed by atoms with van der Waals surface area (Å²) in [5.74, 6) is 0.617. The number of ether oxygens (including phenoxy) is 1. The summed E-state index contributed by atoms with van der Waals surface area (Å²) >= 11 is 0. The van der Waals surface area contributed by atoms with Crippen LogP contribution in [-0.4, -0.2) is 21.6 Å². The van der Waals surface area contributed by atoms with Gasteiger partial charge in [0.2, 0.25) is 5.88 Å². The van der Waals surface area contributed by atoms with Crippen molar-refractivity contribution in [3.8, 4) is 17.0 Å². The minimum atomic E-state index is -0.0885. The normalized spacial score (nSPS) is 10.9. The average molecular weight is 269 g/mol. The molecule has 0 bridgehead atoms. The maximum absolute atomic E-state index is 11.9. The SMILES string of the molecule is COc1ncc(-c2cn(C)c3c(=O)[nH]ccc23)cc1C. The summed E-state index contributed by atoms with van der Waals surface area (Å²) in [4.78, 5) is 18.9. The molecule has 5 nitrogen and oxygen atoms in total. The van der Waals surface area contributed by atoms with Crippen molar-refractivity contribution in [2.75, 3.05) is 7.11 Å². The third-order valence-electron chi connectivity index (χ3n) is 3.43. The zero-order valence-corrected chi connectivity index (χ0v) is 11.6. The molecule has 0 spiro atoms. The first kappa shape index (κ1) is 12.5. The summed E-state index contributed by atoms with van der Waals surface area (Å²) < 4.78 is 7.01. The van der Waals surface area contributed by atoms with Crippen molar-refractivity contribution in [3.05, 3.63) is 46.6 Å². The highest BCUT2D eigenvalue weighted by molar-refractivity contribution is 5.95. The number of rotatable bonds is 2. The Labute approximate surface area is 115 Å². The second-order valence-electron chi connectivity index (χ2n) is 4.77. The van der Waals surface area contributed by atoms with Crippen molar-refractivity contribution >= 4 is 10.9 Å². The van der Waals surface area contributed by atoms with Gasteiger partial charge in [-0.1, -0.05) is 0 Å². The highest BCUT2D eigenvalue weighted by atomic mass is 16.5. The van der Waals surface area contributed by atoms with E-state index in [4.69, 9.17) is 4.74 Å². The predicted octanol–water partition coefficient (Wildman–Crippen LogP) is 2.25. The topological polar surface area (TPSA) is 59.9 Å². The van der Waals surface area contributed by atoms with E-state index in [1.54, 1.807) is 19.5 Å². The Hall–Kier alpha value is -2.56.